The summed E-state index contributed by atoms with van der Waals surface area (Å²) in [5.74, 6) is 0. The molecule has 0 aliphatic rings. The molecule has 1 aromatic carbocycles. The zero-order chi connectivity index (χ0) is 13.1. The largest absolute Gasteiger partial charge is 0.392 e. The summed E-state index contributed by atoms with van der Waals surface area (Å²) in [4.78, 5) is 10.4. The molecule has 1 N–H and O–H groups in total. The van der Waals surface area contributed by atoms with Crippen LogP contribution in [0.1, 0.15) is 11.1 Å². The first kappa shape index (κ1) is 12.8. The third kappa shape index (κ3) is 2.60. The number of nitro groups is 1. The number of rotatable bonds is 4. The van der Waals surface area contributed by atoms with Gasteiger partial charge in [0, 0.05) is 25.0 Å². The molecule has 0 fully saturated rings. The van der Waals surface area contributed by atoms with Gasteiger partial charge >= 0.3 is 0 Å². The molecule has 0 unspecified atom stereocenters. The lowest BCUT2D eigenvalue weighted by atomic mass is 10.2. The lowest BCUT2D eigenvalue weighted by Crippen LogP contribution is -1.99. The second-order valence-corrected chi connectivity index (χ2v) is 4.65. The van der Waals surface area contributed by atoms with Gasteiger partial charge < -0.3 is 9.67 Å². The third-order valence-corrected chi connectivity index (χ3v) is 3.52. The maximum Gasteiger partial charge on any atom is 0.283 e. The van der Waals surface area contributed by atoms with Crippen molar-refractivity contribution < 1.29 is 10.0 Å². The second-order valence-electron chi connectivity index (χ2n) is 3.86. The monoisotopic (exact) mass is 310 g/mol. The Balaban J connectivity index is 2.29. The fraction of sp³-hybridized carbons (Fsp3) is 0.167. The lowest BCUT2D eigenvalue weighted by Gasteiger charge is -2.06. The first-order chi connectivity index (χ1) is 8.61. The minimum absolute atomic E-state index is 0.0108. The van der Waals surface area contributed by atoms with Crippen molar-refractivity contribution in [3.05, 3.63) is 62.4 Å². The van der Waals surface area contributed by atoms with Crippen LogP contribution in [0.15, 0.2) is 41.1 Å². The van der Waals surface area contributed by atoms with Crippen molar-refractivity contribution in [3.8, 4) is 0 Å². The summed E-state index contributed by atoms with van der Waals surface area (Å²) in [6, 6.07) is 6.76. The highest BCUT2D eigenvalue weighted by Crippen LogP contribution is 2.28. The molecule has 0 spiro atoms. The van der Waals surface area contributed by atoms with Crippen LogP contribution in [-0.2, 0) is 13.2 Å². The fourth-order valence-electron chi connectivity index (χ4n) is 1.71. The van der Waals surface area contributed by atoms with E-state index in [0.717, 1.165) is 11.1 Å². The zero-order valence-corrected chi connectivity index (χ0v) is 11.0. The van der Waals surface area contributed by atoms with E-state index in [1.807, 2.05) is 29.1 Å². The van der Waals surface area contributed by atoms with E-state index in [-0.39, 0.29) is 12.3 Å². The van der Waals surface area contributed by atoms with Gasteiger partial charge in [0.25, 0.3) is 5.69 Å². The Morgan fingerprint density at radius 3 is 2.78 bits per heavy atom. The van der Waals surface area contributed by atoms with E-state index in [0.29, 0.717) is 11.0 Å². The van der Waals surface area contributed by atoms with Crippen molar-refractivity contribution >= 4 is 21.6 Å². The van der Waals surface area contributed by atoms with Crippen LogP contribution in [0.2, 0.25) is 0 Å². The van der Waals surface area contributed by atoms with Gasteiger partial charge in [0.05, 0.1) is 11.5 Å². The van der Waals surface area contributed by atoms with Crippen LogP contribution in [-0.4, -0.2) is 14.6 Å². The minimum Gasteiger partial charge on any atom is -0.392 e. The summed E-state index contributed by atoms with van der Waals surface area (Å²) in [5.41, 5.74) is 1.70. The molecule has 0 aliphatic carbocycles. The molecule has 0 bridgehead atoms. The summed E-state index contributed by atoms with van der Waals surface area (Å²) in [5, 5.41) is 19.8. The van der Waals surface area contributed by atoms with Gasteiger partial charge in [0.15, 0.2) is 0 Å². The third-order valence-electron chi connectivity index (χ3n) is 2.60. The average molecular weight is 311 g/mol. The summed E-state index contributed by atoms with van der Waals surface area (Å²) in [6.45, 7) is 0.505. The van der Waals surface area contributed by atoms with Gasteiger partial charge in [-0.1, -0.05) is 12.1 Å². The summed E-state index contributed by atoms with van der Waals surface area (Å²) in [6.07, 6.45) is 3.64. The summed E-state index contributed by atoms with van der Waals surface area (Å²) >= 11 is 3.26. The highest BCUT2D eigenvalue weighted by molar-refractivity contribution is 9.10. The molecule has 0 saturated heterocycles. The Morgan fingerprint density at radius 2 is 2.17 bits per heavy atom. The highest BCUT2D eigenvalue weighted by Gasteiger charge is 2.14. The number of nitrogens with zero attached hydrogens (tertiary/aromatic N) is 2. The predicted octanol–water partition coefficient (Wildman–Crippen LogP) is 2.70. The SMILES string of the molecule is O=[N+]([O-])c1cccc(Cn2ccc(CO)c2)c1Br. The van der Waals surface area contributed by atoms with E-state index in [1.165, 1.54) is 6.07 Å². The van der Waals surface area contributed by atoms with E-state index in [9.17, 15) is 10.1 Å². The van der Waals surface area contributed by atoms with Gasteiger partial charge in [0.1, 0.15) is 4.47 Å². The topological polar surface area (TPSA) is 68.3 Å². The number of hydrogen-bond donors (Lipinski definition) is 1. The molecule has 2 aromatic rings. The Kier molecular flexibility index (Phi) is 3.78. The number of halogens is 1. The first-order valence-corrected chi connectivity index (χ1v) is 6.08. The van der Waals surface area contributed by atoms with Gasteiger partial charge in [-0.15, -0.1) is 0 Å². The van der Waals surface area contributed by atoms with Gasteiger partial charge in [-0.2, -0.15) is 0 Å². The fourth-order valence-corrected chi connectivity index (χ4v) is 2.24. The quantitative estimate of drug-likeness (QED) is 0.697. The molecule has 0 aliphatic heterocycles. The number of nitro benzene ring substituents is 1. The van der Waals surface area contributed by atoms with Crippen LogP contribution >= 0.6 is 15.9 Å². The maximum atomic E-state index is 10.8. The smallest absolute Gasteiger partial charge is 0.283 e. The van der Waals surface area contributed by atoms with E-state index in [2.05, 4.69) is 15.9 Å². The van der Waals surface area contributed by atoms with Crippen molar-refractivity contribution in [2.24, 2.45) is 0 Å². The van der Waals surface area contributed by atoms with Gasteiger partial charge in [-0.3, -0.25) is 10.1 Å². The molecule has 94 valence electrons. The summed E-state index contributed by atoms with van der Waals surface area (Å²) < 4.78 is 2.37. The molecule has 18 heavy (non-hydrogen) atoms. The molecule has 1 heterocycles. The standard InChI is InChI=1S/C12H11BrN2O3/c13-12-10(2-1-3-11(12)15(17)18)7-14-5-4-9(6-14)8-16/h1-6,16H,7-8H2. The molecule has 0 saturated carbocycles. The van der Waals surface area contributed by atoms with Gasteiger partial charge in [-0.25, -0.2) is 0 Å². The molecule has 2 rings (SSSR count). The number of aromatic nitrogens is 1. The number of aliphatic hydroxyl groups excluding tert-OH is 1. The summed E-state index contributed by atoms with van der Waals surface area (Å²) in [7, 11) is 0. The van der Waals surface area contributed by atoms with Crippen LogP contribution < -0.4 is 0 Å². The second kappa shape index (κ2) is 5.32. The number of aliphatic hydroxyl groups is 1. The van der Waals surface area contributed by atoms with Crippen molar-refractivity contribution in [1.82, 2.24) is 4.57 Å². The van der Waals surface area contributed by atoms with Crippen molar-refractivity contribution in [3.63, 3.8) is 0 Å². The van der Waals surface area contributed by atoms with Gasteiger partial charge in [0.2, 0.25) is 0 Å². The zero-order valence-electron chi connectivity index (χ0n) is 9.41. The molecule has 5 nitrogen and oxygen atoms in total. The van der Waals surface area contributed by atoms with Crippen molar-refractivity contribution in [2.45, 2.75) is 13.2 Å². The Morgan fingerprint density at radius 1 is 1.39 bits per heavy atom. The highest BCUT2D eigenvalue weighted by atomic mass is 79.9. The van der Waals surface area contributed by atoms with Crippen molar-refractivity contribution in [1.29, 1.82) is 0 Å². The maximum absolute atomic E-state index is 10.8. The van der Waals surface area contributed by atoms with E-state index >= 15 is 0 Å². The molecule has 6 heteroatoms. The molecular weight excluding hydrogens is 300 g/mol. The van der Waals surface area contributed by atoms with Crippen LogP contribution in [0.25, 0.3) is 0 Å². The Bertz CT molecular complexity index is 580. The normalized spacial score (nSPS) is 10.6. The number of hydrogen-bond acceptors (Lipinski definition) is 3. The van der Waals surface area contributed by atoms with Crippen LogP contribution in [0.3, 0.4) is 0 Å². The van der Waals surface area contributed by atoms with Crippen LogP contribution in [0.4, 0.5) is 5.69 Å². The van der Waals surface area contributed by atoms with Gasteiger partial charge in [-0.05, 0) is 33.1 Å². The van der Waals surface area contributed by atoms with Crippen LogP contribution in [0.5, 0.6) is 0 Å². The van der Waals surface area contributed by atoms with Crippen molar-refractivity contribution in [2.75, 3.05) is 0 Å². The van der Waals surface area contributed by atoms with E-state index < -0.39 is 4.92 Å². The van der Waals surface area contributed by atoms with Crippen LogP contribution in [0, 0.1) is 10.1 Å². The average Bonchev–Trinajstić information content (AvgIpc) is 2.79. The van der Waals surface area contributed by atoms with E-state index in [4.69, 9.17) is 5.11 Å². The molecule has 0 amide bonds. The molecule has 0 radical (unpaired) electrons. The Labute approximate surface area is 112 Å². The molecule has 1 aromatic heterocycles. The molecule has 0 atom stereocenters. The lowest BCUT2D eigenvalue weighted by molar-refractivity contribution is -0.385. The number of benzene rings is 1. The van der Waals surface area contributed by atoms with E-state index in [1.54, 1.807) is 6.07 Å². The predicted molar refractivity (Wildman–Crippen MR) is 70.3 cm³/mol. The first-order valence-electron chi connectivity index (χ1n) is 5.29. The minimum atomic E-state index is -0.414. The molecular formula is C12H11BrN2O3. The Hall–Kier alpha value is -1.66.